The van der Waals surface area contributed by atoms with Crippen LogP contribution >= 0.6 is 11.8 Å². The minimum absolute atomic E-state index is 0.0551. The number of hydrogen-bond acceptors (Lipinski definition) is 6. The van der Waals surface area contributed by atoms with Crippen LogP contribution in [0.4, 0.5) is 0 Å². The fourth-order valence-electron chi connectivity index (χ4n) is 3.18. The lowest BCUT2D eigenvalue weighted by Crippen LogP contribution is -2.15. The third-order valence-corrected chi connectivity index (χ3v) is 5.78. The van der Waals surface area contributed by atoms with Crippen molar-refractivity contribution in [3.8, 4) is 11.5 Å². The van der Waals surface area contributed by atoms with Gasteiger partial charge in [0.2, 0.25) is 5.89 Å². The Balaban J connectivity index is 1.78. The monoisotopic (exact) mass is 397 g/mol. The minimum atomic E-state index is -0.440. The van der Waals surface area contributed by atoms with Gasteiger partial charge in [-0.25, -0.2) is 0 Å². The van der Waals surface area contributed by atoms with Crippen LogP contribution in [0.1, 0.15) is 57.1 Å². The van der Waals surface area contributed by atoms with Crippen LogP contribution in [0.2, 0.25) is 0 Å². The highest BCUT2D eigenvalue weighted by Gasteiger charge is 2.25. The van der Waals surface area contributed by atoms with Crippen LogP contribution in [-0.2, 0) is 0 Å². The first-order valence-electron chi connectivity index (χ1n) is 9.01. The molecule has 0 radical (unpaired) electrons. The van der Waals surface area contributed by atoms with E-state index in [4.69, 9.17) is 4.42 Å². The molecule has 1 aromatic carbocycles. The zero-order chi connectivity index (χ0) is 20.6. The average molecular weight is 398 g/mol. The predicted molar refractivity (Wildman–Crippen MR) is 109 cm³/mol. The molecule has 3 rings (SSSR count). The van der Waals surface area contributed by atoms with Crippen LogP contribution in [-0.4, -0.2) is 32.0 Å². The van der Waals surface area contributed by atoms with Crippen molar-refractivity contribution in [2.45, 2.75) is 52.0 Å². The van der Waals surface area contributed by atoms with E-state index >= 15 is 0 Å². The van der Waals surface area contributed by atoms with Crippen LogP contribution < -0.4 is 0 Å². The molecule has 0 aliphatic rings. The summed E-state index contributed by atoms with van der Waals surface area (Å²) in [7, 11) is 0. The normalized spacial score (nSPS) is 12.2. The SMILES string of the molecule is CC(=O)c1c(C)[nH]c(C(=O)[C@H](C)Sc2nnc(-c3ccc(C)c(C)c3)o2)c1C. The highest BCUT2D eigenvalue weighted by Crippen LogP contribution is 2.30. The van der Waals surface area contributed by atoms with E-state index in [0.717, 1.165) is 11.1 Å². The van der Waals surface area contributed by atoms with E-state index in [0.29, 0.717) is 33.6 Å². The molecule has 2 heterocycles. The van der Waals surface area contributed by atoms with Crippen molar-refractivity contribution >= 4 is 23.3 Å². The van der Waals surface area contributed by atoms with Gasteiger partial charge in [0.25, 0.3) is 5.22 Å². The Kier molecular flexibility index (Phi) is 5.56. The Bertz CT molecular complexity index is 1070. The van der Waals surface area contributed by atoms with Gasteiger partial charge in [-0.3, -0.25) is 9.59 Å². The summed E-state index contributed by atoms with van der Waals surface area (Å²) in [5, 5.41) is 8.06. The number of Topliss-reactive ketones (excluding diaryl/α,β-unsaturated/α-hetero) is 2. The standard InChI is InChI=1S/C21H23N3O3S/c1-10-7-8-16(9-11(10)2)20-23-24-21(27-20)28-15(6)19(26)18-12(3)17(14(5)25)13(4)22-18/h7-9,15,22H,1-6H3/t15-/m0/s1. The molecule has 0 saturated carbocycles. The molecule has 0 aliphatic heterocycles. The number of nitrogens with zero attached hydrogens (tertiary/aromatic N) is 2. The lowest BCUT2D eigenvalue weighted by molar-refractivity contribution is 0.0988. The number of rotatable bonds is 6. The van der Waals surface area contributed by atoms with E-state index in [9.17, 15) is 9.59 Å². The molecule has 7 heteroatoms. The largest absolute Gasteiger partial charge is 0.411 e. The lowest BCUT2D eigenvalue weighted by Gasteiger charge is -2.07. The van der Waals surface area contributed by atoms with Crippen molar-refractivity contribution in [3.63, 3.8) is 0 Å². The molecular formula is C21H23N3O3S. The molecule has 1 atom stereocenters. The van der Waals surface area contributed by atoms with Gasteiger partial charge in [-0.1, -0.05) is 17.8 Å². The second-order valence-corrected chi connectivity index (χ2v) is 8.27. The topological polar surface area (TPSA) is 88.9 Å². The van der Waals surface area contributed by atoms with E-state index in [2.05, 4.69) is 15.2 Å². The molecular weight excluding hydrogens is 374 g/mol. The van der Waals surface area contributed by atoms with Gasteiger partial charge in [-0.15, -0.1) is 10.2 Å². The number of aromatic nitrogens is 3. The van der Waals surface area contributed by atoms with Crippen molar-refractivity contribution in [3.05, 3.63) is 51.8 Å². The molecule has 3 aromatic rings. The first kappa shape index (κ1) is 20.1. The van der Waals surface area contributed by atoms with E-state index in [1.165, 1.54) is 24.2 Å². The fourth-order valence-corrected chi connectivity index (χ4v) is 3.92. The summed E-state index contributed by atoms with van der Waals surface area (Å²) in [4.78, 5) is 27.7. The third-order valence-electron chi connectivity index (χ3n) is 4.84. The summed E-state index contributed by atoms with van der Waals surface area (Å²) in [5.74, 6) is 0.264. The molecule has 0 saturated heterocycles. The van der Waals surface area contributed by atoms with Gasteiger partial charge < -0.3 is 9.40 Å². The lowest BCUT2D eigenvalue weighted by atomic mass is 10.0. The fraction of sp³-hybridized carbons (Fsp3) is 0.333. The van der Waals surface area contributed by atoms with Gasteiger partial charge >= 0.3 is 0 Å². The number of benzene rings is 1. The Morgan fingerprint density at radius 2 is 1.82 bits per heavy atom. The summed E-state index contributed by atoms with van der Waals surface area (Å²) in [6.45, 7) is 10.9. The highest BCUT2D eigenvalue weighted by molar-refractivity contribution is 8.00. The summed E-state index contributed by atoms with van der Waals surface area (Å²) >= 11 is 1.21. The molecule has 0 aliphatic carbocycles. The van der Waals surface area contributed by atoms with Crippen molar-refractivity contribution < 1.29 is 14.0 Å². The molecule has 0 bridgehead atoms. The molecule has 1 N–H and O–H groups in total. The second-order valence-electron chi connectivity index (χ2n) is 6.98. The Labute approximate surface area is 168 Å². The van der Waals surface area contributed by atoms with Crippen molar-refractivity contribution in [1.29, 1.82) is 0 Å². The van der Waals surface area contributed by atoms with Gasteiger partial charge in [-0.05, 0) is 70.4 Å². The van der Waals surface area contributed by atoms with Gasteiger partial charge in [0, 0.05) is 16.8 Å². The minimum Gasteiger partial charge on any atom is -0.411 e. The molecule has 0 spiro atoms. The zero-order valence-electron chi connectivity index (χ0n) is 16.8. The van der Waals surface area contributed by atoms with Crippen LogP contribution in [0.5, 0.6) is 0 Å². The van der Waals surface area contributed by atoms with Crippen molar-refractivity contribution in [2.75, 3.05) is 0 Å². The summed E-state index contributed by atoms with van der Waals surface area (Å²) < 4.78 is 5.74. The number of H-pyrrole nitrogens is 1. The number of carbonyl (C=O) groups is 2. The Morgan fingerprint density at radius 1 is 1.11 bits per heavy atom. The summed E-state index contributed by atoms with van der Waals surface area (Å²) in [5.41, 5.74) is 5.62. The summed E-state index contributed by atoms with van der Waals surface area (Å²) in [6.07, 6.45) is 0. The quantitative estimate of drug-likeness (QED) is 0.472. The number of carbonyl (C=O) groups excluding carboxylic acids is 2. The molecule has 28 heavy (non-hydrogen) atoms. The molecule has 0 unspecified atom stereocenters. The maximum atomic E-state index is 12.9. The second kappa shape index (κ2) is 7.75. The Hall–Kier alpha value is -2.67. The van der Waals surface area contributed by atoms with Gasteiger partial charge in [0.15, 0.2) is 11.6 Å². The number of aromatic amines is 1. The van der Waals surface area contributed by atoms with E-state index in [1.807, 2.05) is 32.0 Å². The number of thioether (sulfide) groups is 1. The number of aryl methyl sites for hydroxylation is 3. The van der Waals surface area contributed by atoms with Gasteiger partial charge in [0.1, 0.15) is 0 Å². The molecule has 0 fully saturated rings. The van der Waals surface area contributed by atoms with Gasteiger partial charge in [0.05, 0.1) is 10.9 Å². The maximum absolute atomic E-state index is 12.9. The van der Waals surface area contributed by atoms with Crippen LogP contribution in [0, 0.1) is 27.7 Å². The number of hydrogen-bond donors (Lipinski definition) is 1. The first-order chi connectivity index (χ1) is 13.2. The molecule has 2 aromatic heterocycles. The smallest absolute Gasteiger partial charge is 0.277 e. The van der Waals surface area contributed by atoms with Crippen LogP contribution in [0.3, 0.4) is 0 Å². The molecule has 0 amide bonds. The summed E-state index contributed by atoms with van der Waals surface area (Å²) in [6, 6.07) is 5.95. The zero-order valence-corrected chi connectivity index (χ0v) is 17.7. The molecule has 6 nitrogen and oxygen atoms in total. The van der Waals surface area contributed by atoms with Crippen LogP contribution in [0.15, 0.2) is 27.8 Å². The van der Waals surface area contributed by atoms with Crippen LogP contribution in [0.25, 0.3) is 11.5 Å². The average Bonchev–Trinajstić information content (AvgIpc) is 3.20. The maximum Gasteiger partial charge on any atom is 0.277 e. The number of ketones is 2. The predicted octanol–water partition coefficient (Wildman–Crippen LogP) is 4.86. The third kappa shape index (κ3) is 3.80. The van der Waals surface area contributed by atoms with E-state index < -0.39 is 5.25 Å². The Morgan fingerprint density at radius 3 is 2.43 bits per heavy atom. The van der Waals surface area contributed by atoms with Gasteiger partial charge in [-0.2, -0.15) is 0 Å². The van der Waals surface area contributed by atoms with E-state index in [1.54, 1.807) is 20.8 Å². The van der Waals surface area contributed by atoms with Crippen molar-refractivity contribution in [1.82, 2.24) is 15.2 Å². The highest BCUT2D eigenvalue weighted by atomic mass is 32.2. The van der Waals surface area contributed by atoms with Crippen molar-refractivity contribution in [2.24, 2.45) is 0 Å². The molecule has 146 valence electrons. The first-order valence-corrected chi connectivity index (χ1v) is 9.89. The number of nitrogens with one attached hydrogen (secondary N) is 1. The van der Waals surface area contributed by atoms with E-state index in [-0.39, 0.29) is 11.6 Å².